The van der Waals surface area contributed by atoms with Gasteiger partial charge in [-0.3, -0.25) is 19.3 Å². The summed E-state index contributed by atoms with van der Waals surface area (Å²) in [6.45, 7) is 1.27. The van der Waals surface area contributed by atoms with Crippen LogP contribution in [0, 0.1) is 0 Å². The molecule has 0 bridgehead atoms. The Morgan fingerprint density at radius 1 is 1.14 bits per heavy atom. The first-order chi connectivity index (χ1) is 14.0. The molecule has 0 aromatic heterocycles. The van der Waals surface area contributed by atoms with Crippen LogP contribution in [0.2, 0.25) is 0 Å². The van der Waals surface area contributed by atoms with Gasteiger partial charge in [0.25, 0.3) is 17.7 Å². The van der Waals surface area contributed by atoms with Crippen molar-refractivity contribution in [1.82, 2.24) is 4.90 Å². The minimum atomic E-state index is -0.895. The number of benzene rings is 1. The second-order valence-electron chi connectivity index (χ2n) is 7.23. The van der Waals surface area contributed by atoms with Gasteiger partial charge in [0.15, 0.2) is 0 Å². The Kier molecular flexibility index (Phi) is 5.46. The molecule has 3 amide bonds. The largest absolute Gasteiger partial charge is 0.389 e. The number of aliphatic hydroxyl groups excluding tert-OH is 1. The Hall–Kier alpha value is -2.97. The van der Waals surface area contributed by atoms with Crippen molar-refractivity contribution < 1.29 is 24.2 Å². The van der Waals surface area contributed by atoms with Crippen LogP contribution in [0.15, 0.2) is 47.6 Å². The van der Waals surface area contributed by atoms with Crippen molar-refractivity contribution in [2.75, 3.05) is 43.1 Å². The number of anilines is 2. The summed E-state index contributed by atoms with van der Waals surface area (Å²) in [7, 11) is 0. The number of amides is 3. The number of ether oxygens (including phenoxy) is 1. The maximum absolute atomic E-state index is 12.4. The zero-order valence-electron chi connectivity index (χ0n) is 16.0. The minimum absolute atomic E-state index is 0.0497. The molecule has 3 aliphatic rings. The lowest BCUT2D eigenvalue weighted by atomic mass is 10.00. The first kappa shape index (κ1) is 19.4. The van der Waals surface area contributed by atoms with E-state index in [0.717, 1.165) is 22.7 Å². The Bertz CT molecular complexity index is 890. The molecule has 2 heterocycles. The number of β-amino-alcohol motifs (C(OH)–C–C–N with tert-alkyl or cyclic N) is 1. The summed E-state index contributed by atoms with van der Waals surface area (Å²) in [5.41, 5.74) is 2.57. The average molecular weight is 397 g/mol. The number of rotatable bonds is 6. The van der Waals surface area contributed by atoms with Gasteiger partial charge in [0, 0.05) is 35.6 Å². The second kappa shape index (κ2) is 8.18. The number of carbonyl (C=O) groups excluding carboxylic acids is 3. The topological polar surface area (TPSA) is 99.2 Å². The van der Waals surface area contributed by atoms with E-state index in [1.54, 1.807) is 11.0 Å². The predicted octanol–water partition coefficient (Wildman–Crippen LogP) is 0.838. The fourth-order valence-electron chi connectivity index (χ4n) is 3.71. The summed E-state index contributed by atoms with van der Waals surface area (Å²) < 4.78 is 5.13. The summed E-state index contributed by atoms with van der Waals surface area (Å²) in [5, 5.41) is 13.4. The Morgan fingerprint density at radius 3 is 2.66 bits per heavy atom. The van der Waals surface area contributed by atoms with Crippen LogP contribution in [0.25, 0.3) is 0 Å². The van der Waals surface area contributed by atoms with Crippen molar-refractivity contribution in [3.05, 3.63) is 47.6 Å². The quantitative estimate of drug-likeness (QED) is 0.690. The number of aliphatic hydroxyl groups is 1. The number of nitrogens with zero attached hydrogens (tertiary/aromatic N) is 2. The summed E-state index contributed by atoms with van der Waals surface area (Å²) in [4.78, 5) is 39.5. The van der Waals surface area contributed by atoms with Crippen molar-refractivity contribution in [1.29, 1.82) is 0 Å². The van der Waals surface area contributed by atoms with Crippen molar-refractivity contribution in [3.8, 4) is 0 Å². The van der Waals surface area contributed by atoms with Gasteiger partial charge in [-0.2, -0.15) is 0 Å². The van der Waals surface area contributed by atoms with Crippen LogP contribution in [0.4, 0.5) is 11.4 Å². The number of morpholine rings is 1. The highest BCUT2D eigenvalue weighted by atomic mass is 16.5. The molecular weight excluding hydrogens is 374 g/mol. The summed E-state index contributed by atoms with van der Waals surface area (Å²) in [5.74, 6) is -0.703. The molecule has 1 fully saturated rings. The standard InChI is InChI=1S/C21H23N3O5/c25-16(12-24-20(27)17-3-1-2-4-18(17)21(24)28)11-22-14-5-7-15(8-6-14)23-9-10-29-13-19(23)26/h1,3,5-8,16,22,25H,2,4,9-13H2. The van der Waals surface area contributed by atoms with E-state index in [1.807, 2.05) is 30.3 Å². The number of nitrogens with one attached hydrogen (secondary N) is 1. The van der Waals surface area contributed by atoms with E-state index >= 15 is 0 Å². The normalized spacial score (nSPS) is 20.4. The lowest BCUT2D eigenvalue weighted by Gasteiger charge is -2.27. The van der Waals surface area contributed by atoms with Crippen molar-refractivity contribution >= 4 is 29.1 Å². The number of hydrogen-bond donors (Lipinski definition) is 2. The third kappa shape index (κ3) is 3.94. The fourth-order valence-corrected chi connectivity index (χ4v) is 3.71. The van der Waals surface area contributed by atoms with E-state index in [9.17, 15) is 19.5 Å². The number of allylic oxidation sites excluding steroid dienone is 1. The van der Waals surface area contributed by atoms with Crippen molar-refractivity contribution in [2.45, 2.75) is 18.9 Å². The third-order valence-corrected chi connectivity index (χ3v) is 5.25. The van der Waals surface area contributed by atoms with Crippen LogP contribution in [0.3, 0.4) is 0 Å². The minimum Gasteiger partial charge on any atom is -0.389 e. The molecule has 1 aromatic rings. The molecule has 0 spiro atoms. The first-order valence-corrected chi connectivity index (χ1v) is 9.70. The highest BCUT2D eigenvalue weighted by molar-refractivity contribution is 6.20. The van der Waals surface area contributed by atoms with Gasteiger partial charge in [0.1, 0.15) is 6.61 Å². The van der Waals surface area contributed by atoms with Gasteiger partial charge in [0.05, 0.1) is 19.3 Å². The van der Waals surface area contributed by atoms with E-state index < -0.39 is 6.10 Å². The molecule has 1 atom stereocenters. The van der Waals surface area contributed by atoms with Crippen LogP contribution in [0.5, 0.6) is 0 Å². The lowest BCUT2D eigenvalue weighted by molar-refractivity contribution is -0.139. The molecule has 8 nitrogen and oxygen atoms in total. The molecule has 1 saturated heterocycles. The van der Waals surface area contributed by atoms with Crippen LogP contribution in [-0.4, -0.2) is 66.7 Å². The molecule has 4 rings (SSSR count). The van der Waals surface area contributed by atoms with Crippen LogP contribution in [0.1, 0.15) is 12.8 Å². The summed E-state index contributed by atoms with van der Waals surface area (Å²) in [6.07, 6.45) is 4.01. The molecule has 2 aliphatic heterocycles. The van der Waals surface area contributed by atoms with Gasteiger partial charge < -0.3 is 20.1 Å². The molecule has 1 aliphatic carbocycles. The summed E-state index contributed by atoms with van der Waals surface area (Å²) >= 11 is 0. The highest BCUT2D eigenvalue weighted by Gasteiger charge is 2.38. The molecule has 8 heteroatoms. The molecule has 1 aromatic carbocycles. The van der Waals surface area contributed by atoms with Crippen LogP contribution in [-0.2, 0) is 19.1 Å². The SMILES string of the molecule is O=C1C2=C(CCC=C2)C(=O)N1CC(O)CNc1ccc(N2CCOCC2=O)cc1. The molecule has 1 unspecified atom stereocenters. The van der Waals surface area contributed by atoms with E-state index in [4.69, 9.17) is 4.74 Å². The maximum Gasteiger partial charge on any atom is 0.261 e. The Labute approximate surface area is 168 Å². The van der Waals surface area contributed by atoms with Gasteiger partial charge in [-0.15, -0.1) is 0 Å². The van der Waals surface area contributed by atoms with E-state index in [0.29, 0.717) is 30.7 Å². The van der Waals surface area contributed by atoms with E-state index in [2.05, 4.69) is 5.32 Å². The molecule has 2 N–H and O–H groups in total. The Morgan fingerprint density at radius 2 is 1.93 bits per heavy atom. The van der Waals surface area contributed by atoms with Gasteiger partial charge in [-0.25, -0.2) is 0 Å². The highest BCUT2D eigenvalue weighted by Crippen LogP contribution is 2.29. The van der Waals surface area contributed by atoms with Gasteiger partial charge in [-0.05, 0) is 37.1 Å². The van der Waals surface area contributed by atoms with Crippen LogP contribution >= 0.6 is 0 Å². The smallest absolute Gasteiger partial charge is 0.261 e. The third-order valence-electron chi connectivity index (χ3n) is 5.25. The average Bonchev–Trinajstić information content (AvgIpc) is 2.98. The molecular formula is C21H23N3O5. The maximum atomic E-state index is 12.4. The lowest BCUT2D eigenvalue weighted by Crippen LogP contribution is -2.41. The van der Waals surface area contributed by atoms with Crippen LogP contribution < -0.4 is 10.2 Å². The zero-order chi connectivity index (χ0) is 20.4. The monoisotopic (exact) mass is 397 g/mol. The molecule has 0 saturated carbocycles. The number of imide groups is 1. The predicted molar refractivity (Wildman–Crippen MR) is 106 cm³/mol. The molecule has 152 valence electrons. The second-order valence-corrected chi connectivity index (χ2v) is 7.23. The fraction of sp³-hybridized carbons (Fsp3) is 0.381. The number of hydrogen-bond acceptors (Lipinski definition) is 6. The van der Waals surface area contributed by atoms with Gasteiger partial charge in [0.2, 0.25) is 0 Å². The van der Waals surface area contributed by atoms with Gasteiger partial charge >= 0.3 is 0 Å². The van der Waals surface area contributed by atoms with E-state index in [1.165, 1.54) is 0 Å². The van der Waals surface area contributed by atoms with E-state index in [-0.39, 0.29) is 37.4 Å². The van der Waals surface area contributed by atoms with Crippen molar-refractivity contribution in [2.24, 2.45) is 0 Å². The van der Waals surface area contributed by atoms with Crippen molar-refractivity contribution in [3.63, 3.8) is 0 Å². The first-order valence-electron chi connectivity index (χ1n) is 9.70. The summed E-state index contributed by atoms with van der Waals surface area (Å²) in [6, 6.07) is 7.30. The Balaban J connectivity index is 1.30. The molecule has 0 radical (unpaired) electrons. The zero-order valence-corrected chi connectivity index (χ0v) is 16.0. The molecule has 29 heavy (non-hydrogen) atoms. The van der Waals surface area contributed by atoms with Gasteiger partial charge in [-0.1, -0.05) is 12.2 Å². The number of carbonyl (C=O) groups is 3.